The zero-order chi connectivity index (χ0) is 14.6. The quantitative estimate of drug-likeness (QED) is 0.347. The first kappa shape index (κ1) is 17.2. The van der Waals surface area contributed by atoms with Crippen LogP contribution >= 0.6 is 0 Å². The average Bonchev–Trinajstić information content (AvgIpc) is 2.47. The van der Waals surface area contributed by atoms with E-state index in [0.29, 0.717) is 6.42 Å². The Labute approximate surface area is 123 Å². The molecular weight excluding hydrogens is 252 g/mol. The fraction of sp³-hybridized carbons (Fsp3) is 0.882. The number of ether oxygens (including phenoxy) is 1. The van der Waals surface area contributed by atoms with E-state index < -0.39 is 0 Å². The summed E-state index contributed by atoms with van der Waals surface area (Å²) in [5.74, 6) is -0.631. The van der Waals surface area contributed by atoms with E-state index in [2.05, 4.69) is 6.92 Å². The van der Waals surface area contributed by atoms with E-state index in [9.17, 15) is 9.59 Å². The van der Waals surface area contributed by atoms with Gasteiger partial charge in [-0.25, -0.2) is 0 Å². The highest BCUT2D eigenvalue weighted by molar-refractivity contribution is 5.86. The van der Waals surface area contributed by atoms with Crippen LogP contribution in [0.25, 0.3) is 0 Å². The Bertz CT molecular complexity index is 280. The molecule has 1 fully saturated rings. The first-order valence-electron chi connectivity index (χ1n) is 8.48. The van der Waals surface area contributed by atoms with Crippen molar-refractivity contribution in [3.05, 3.63) is 0 Å². The highest BCUT2D eigenvalue weighted by atomic mass is 16.6. The highest BCUT2D eigenvalue weighted by Crippen LogP contribution is 2.24. The second-order valence-corrected chi connectivity index (χ2v) is 6.00. The molecule has 0 aromatic carbocycles. The summed E-state index contributed by atoms with van der Waals surface area (Å²) in [5, 5.41) is 0. The second kappa shape index (κ2) is 10.9. The molecule has 3 nitrogen and oxygen atoms in total. The maximum absolute atomic E-state index is 11.8. The van der Waals surface area contributed by atoms with Gasteiger partial charge in [0.15, 0.2) is 0 Å². The van der Waals surface area contributed by atoms with Gasteiger partial charge in [0.05, 0.1) is 5.92 Å². The summed E-state index contributed by atoms with van der Waals surface area (Å²) in [5.41, 5.74) is 0. The number of unbranched alkanes of at least 4 members (excludes halogenated alkanes) is 6. The van der Waals surface area contributed by atoms with E-state index in [0.717, 1.165) is 38.5 Å². The Balaban J connectivity index is 2.00. The normalized spacial score (nSPS) is 16.1. The number of carbonyl (C=O) groups excluding carboxylic acids is 2. The lowest BCUT2D eigenvalue weighted by molar-refractivity contribution is -0.163. The summed E-state index contributed by atoms with van der Waals surface area (Å²) in [7, 11) is 0. The molecule has 1 aliphatic carbocycles. The highest BCUT2D eigenvalue weighted by Gasteiger charge is 2.24. The summed E-state index contributed by atoms with van der Waals surface area (Å²) in [6.07, 6.45) is 13.8. The minimum Gasteiger partial charge on any atom is -0.393 e. The predicted molar refractivity (Wildman–Crippen MR) is 80.3 cm³/mol. The van der Waals surface area contributed by atoms with Crippen LogP contribution in [0, 0.1) is 5.92 Å². The average molecular weight is 282 g/mol. The van der Waals surface area contributed by atoms with Gasteiger partial charge in [0, 0.05) is 6.42 Å². The van der Waals surface area contributed by atoms with Crippen molar-refractivity contribution in [3.63, 3.8) is 0 Å². The predicted octanol–water partition coefficient (Wildman–Crippen LogP) is 4.78. The van der Waals surface area contributed by atoms with Gasteiger partial charge in [0.2, 0.25) is 0 Å². The zero-order valence-electron chi connectivity index (χ0n) is 13.0. The molecule has 0 aromatic heterocycles. The monoisotopic (exact) mass is 282 g/mol. The minimum absolute atomic E-state index is 0.0262. The van der Waals surface area contributed by atoms with Gasteiger partial charge < -0.3 is 4.74 Å². The molecule has 0 radical (unpaired) electrons. The van der Waals surface area contributed by atoms with Gasteiger partial charge in [-0.2, -0.15) is 0 Å². The van der Waals surface area contributed by atoms with Gasteiger partial charge >= 0.3 is 11.9 Å². The molecule has 0 aliphatic heterocycles. The van der Waals surface area contributed by atoms with Gasteiger partial charge in [-0.15, -0.1) is 0 Å². The summed E-state index contributed by atoms with van der Waals surface area (Å²) in [4.78, 5) is 23.4. The number of hydrogen-bond acceptors (Lipinski definition) is 3. The van der Waals surface area contributed by atoms with E-state index in [1.165, 1.54) is 38.5 Å². The topological polar surface area (TPSA) is 43.4 Å². The Kier molecular flexibility index (Phi) is 9.35. The SMILES string of the molecule is CCCCCCCCCC(=O)OC(=O)C1CCCCC1. The van der Waals surface area contributed by atoms with Crippen molar-refractivity contribution < 1.29 is 14.3 Å². The van der Waals surface area contributed by atoms with E-state index >= 15 is 0 Å². The summed E-state index contributed by atoms with van der Waals surface area (Å²) < 4.78 is 4.96. The Morgan fingerprint density at radius 1 is 0.900 bits per heavy atom. The lowest BCUT2D eigenvalue weighted by Crippen LogP contribution is -2.23. The second-order valence-electron chi connectivity index (χ2n) is 6.00. The van der Waals surface area contributed by atoms with Crippen LogP contribution in [0.2, 0.25) is 0 Å². The largest absolute Gasteiger partial charge is 0.393 e. The third-order valence-corrected chi connectivity index (χ3v) is 4.14. The molecular formula is C17H30O3. The molecule has 20 heavy (non-hydrogen) atoms. The van der Waals surface area contributed by atoms with Crippen LogP contribution in [0.1, 0.15) is 90.4 Å². The van der Waals surface area contributed by atoms with Gasteiger partial charge in [0.25, 0.3) is 0 Å². The fourth-order valence-corrected chi connectivity index (χ4v) is 2.81. The molecule has 0 heterocycles. The van der Waals surface area contributed by atoms with Crippen LogP contribution in [0.5, 0.6) is 0 Å². The maximum atomic E-state index is 11.8. The molecule has 116 valence electrons. The standard InChI is InChI=1S/C17H30O3/c1-2-3-4-5-6-7-11-14-16(18)20-17(19)15-12-9-8-10-13-15/h15H,2-14H2,1H3. The molecule has 3 heteroatoms. The van der Waals surface area contributed by atoms with Crippen molar-refractivity contribution in [2.45, 2.75) is 90.4 Å². The van der Waals surface area contributed by atoms with E-state index in [1.54, 1.807) is 0 Å². The van der Waals surface area contributed by atoms with Gasteiger partial charge in [-0.1, -0.05) is 64.7 Å². The van der Waals surface area contributed by atoms with Crippen LogP contribution in [-0.2, 0) is 14.3 Å². The summed E-state index contributed by atoms with van der Waals surface area (Å²) >= 11 is 0. The number of hydrogen-bond donors (Lipinski definition) is 0. The number of esters is 2. The molecule has 0 saturated heterocycles. The molecule has 1 saturated carbocycles. The zero-order valence-corrected chi connectivity index (χ0v) is 13.0. The van der Waals surface area contributed by atoms with Crippen LogP contribution in [0.15, 0.2) is 0 Å². The molecule has 0 spiro atoms. The summed E-state index contributed by atoms with van der Waals surface area (Å²) in [6, 6.07) is 0. The number of carbonyl (C=O) groups is 2. The molecule has 0 atom stereocenters. The smallest absolute Gasteiger partial charge is 0.316 e. The van der Waals surface area contributed by atoms with E-state index in [-0.39, 0.29) is 17.9 Å². The molecule has 1 rings (SSSR count). The Hall–Kier alpha value is -0.860. The van der Waals surface area contributed by atoms with E-state index in [1.807, 2.05) is 0 Å². The van der Waals surface area contributed by atoms with Crippen molar-refractivity contribution in [2.24, 2.45) is 5.92 Å². The molecule has 0 unspecified atom stereocenters. The molecule has 0 N–H and O–H groups in total. The van der Waals surface area contributed by atoms with Crippen molar-refractivity contribution in [3.8, 4) is 0 Å². The third kappa shape index (κ3) is 7.66. The van der Waals surface area contributed by atoms with Gasteiger partial charge in [-0.05, 0) is 19.3 Å². The molecule has 0 aromatic rings. The van der Waals surface area contributed by atoms with Crippen molar-refractivity contribution in [1.82, 2.24) is 0 Å². The number of rotatable bonds is 9. The van der Waals surface area contributed by atoms with Crippen molar-refractivity contribution in [1.29, 1.82) is 0 Å². The molecule has 0 amide bonds. The third-order valence-electron chi connectivity index (χ3n) is 4.14. The van der Waals surface area contributed by atoms with Crippen LogP contribution in [0.4, 0.5) is 0 Å². The van der Waals surface area contributed by atoms with Gasteiger partial charge in [0.1, 0.15) is 0 Å². The molecule has 0 bridgehead atoms. The maximum Gasteiger partial charge on any atom is 0.316 e. The minimum atomic E-state index is -0.325. The first-order chi connectivity index (χ1) is 9.74. The van der Waals surface area contributed by atoms with Crippen molar-refractivity contribution in [2.75, 3.05) is 0 Å². The molecule has 1 aliphatic rings. The van der Waals surface area contributed by atoms with Crippen molar-refractivity contribution >= 4 is 11.9 Å². The fourth-order valence-electron chi connectivity index (χ4n) is 2.81. The van der Waals surface area contributed by atoms with Crippen LogP contribution < -0.4 is 0 Å². The lowest BCUT2D eigenvalue weighted by Gasteiger charge is -2.19. The van der Waals surface area contributed by atoms with Gasteiger partial charge in [-0.3, -0.25) is 9.59 Å². The van der Waals surface area contributed by atoms with E-state index in [4.69, 9.17) is 4.74 Å². The Morgan fingerprint density at radius 2 is 1.50 bits per heavy atom. The van der Waals surface area contributed by atoms with Crippen LogP contribution in [-0.4, -0.2) is 11.9 Å². The van der Waals surface area contributed by atoms with Crippen LogP contribution in [0.3, 0.4) is 0 Å². The summed E-state index contributed by atoms with van der Waals surface area (Å²) in [6.45, 7) is 2.21. The first-order valence-corrected chi connectivity index (χ1v) is 8.48. The Morgan fingerprint density at radius 3 is 2.15 bits per heavy atom. The lowest BCUT2D eigenvalue weighted by atomic mass is 9.89.